The maximum Gasteiger partial charge on any atom is 0.130 e. The standard InChI is InChI=1S/C16H17N3O2/c1-11-10-21-13(9-20)8-19(11)16-6-12(7-17)14-4-2-3-5-15(14)18-16/h2-6,11,13,20H,8-10H2,1H3. The number of morpholine rings is 1. The first-order chi connectivity index (χ1) is 10.2. The molecule has 108 valence electrons. The van der Waals surface area contributed by atoms with Crippen LogP contribution in [-0.4, -0.2) is 42.0 Å². The Labute approximate surface area is 123 Å². The zero-order valence-electron chi connectivity index (χ0n) is 11.9. The summed E-state index contributed by atoms with van der Waals surface area (Å²) in [5.41, 5.74) is 1.43. The molecular weight excluding hydrogens is 266 g/mol. The lowest BCUT2D eigenvalue weighted by Crippen LogP contribution is -2.50. The molecule has 1 fully saturated rings. The maximum absolute atomic E-state index is 9.36. The van der Waals surface area contributed by atoms with Crippen LogP contribution in [0.25, 0.3) is 10.9 Å². The van der Waals surface area contributed by atoms with Crippen molar-refractivity contribution in [3.63, 3.8) is 0 Å². The average molecular weight is 283 g/mol. The molecule has 5 heteroatoms. The first-order valence-electron chi connectivity index (χ1n) is 7.02. The van der Waals surface area contributed by atoms with Gasteiger partial charge in [0.05, 0.1) is 42.5 Å². The van der Waals surface area contributed by atoms with Gasteiger partial charge in [-0.15, -0.1) is 0 Å². The number of aliphatic hydroxyl groups excluding tert-OH is 1. The number of fused-ring (bicyclic) bond motifs is 1. The number of aliphatic hydroxyl groups is 1. The van der Waals surface area contributed by atoms with E-state index in [1.807, 2.05) is 30.3 Å². The molecule has 1 aliphatic heterocycles. The molecule has 3 rings (SSSR count). The summed E-state index contributed by atoms with van der Waals surface area (Å²) in [5.74, 6) is 0.763. The van der Waals surface area contributed by atoms with E-state index < -0.39 is 0 Å². The third-order valence-corrected chi connectivity index (χ3v) is 3.83. The van der Waals surface area contributed by atoms with Crippen molar-refractivity contribution in [2.75, 3.05) is 24.7 Å². The predicted molar refractivity (Wildman–Crippen MR) is 80.1 cm³/mol. The zero-order chi connectivity index (χ0) is 14.8. The predicted octanol–water partition coefficient (Wildman–Crippen LogP) is 1.69. The summed E-state index contributed by atoms with van der Waals surface area (Å²) < 4.78 is 5.55. The van der Waals surface area contributed by atoms with Crippen LogP contribution in [0, 0.1) is 11.3 Å². The van der Waals surface area contributed by atoms with Gasteiger partial charge >= 0.3 is 0 Å². The van der Waals surface area contributed by atoms with Crippen LogP contribution in [0.1, 0.15) is 12.5 Å². The lowest BCUT2D eigenvalue weighted by molar-refractivity contribution is -0.0105. The monoisotopic (exact) mass is 283 g/mol. The van der Waals surface area contributed by atoms with Gasteiger partial charge in [-0.3, -0.25) is 0 Å². The smallest absolute Gasteiger partial charge is 0.130 e. The molecule has 2 atom stereocenters. The van der Waals surface area contributed by atoms with Crippen LogP contribution in [0.4, 0.5) is 5.82 Å². The van der Waals surface area contributed by atoms with E-state index in [1.54, 1.807) is 0 Å². The van der Waals surface area contributed by atoms with E-state index >= 15 is 0 Å². The van der Waals surface area contributed by atoms with Crippen LogP contribution in [0.2, 0.25) is 0 Å². The number of nitrogens with zero attached hydrogens (tertiary/aromatic N) is 3. The SMILES string of the molecule is CC1COC(CO)CN1c1cc(C#N)c2ccccc2n1. The normalized spacial score (nSPS) is 22.2. The summed E-state index contributed by atoms with van der Waals surface area (Å²) in [6, 6.07) is 11.9. The molecule has 1 aromatic heterocycles. The van der Waals surface area contributed by atoms with Crippen molar-refractivity contribution in [1.29, 1.82) is 5.26 Å². The fourth-order valence-electron chi connectivity index (χ4n) is 2.65. The Morgan fingerprint density at radius 2 is 2.29 bits per heavy atom. The summed E-state index contributed by atoms with van der Waals surface area (Å²) in [6.45, 7) is 3.16. The van der Waals surface area contributed by atoms with E-state index in [2.05, 4.69) is 22.9 Å². The van der Waals surface area contributed by atoms with Crippen molar-refractivity contribution in [3.05, 3.63) is 35.9 Å². The Balaban J connectivity index is 2.05. The largest absolute Gasteiger partial charge is 0.394 e. The molecule has 5 nitrogen and oxygen atoms in total. The van der Waals surface area contributed by atoms with Crippen molar-refractivity contribution in [3.8, 4) is 6.07 Å². The van der Waals surface area contributed by atoms with Crippen LogP contribution >= 0.6 is 0 Å². The van der Waals surface area contributed by atoms with Crippen molar-refractivity contribution in [1.82, 2.24) is 4.98 Å². The van der Waals surface area contributed by atoms with Crippen molar-refractivity contribution in [2.45, 2.75) is 19.1 Å². The number of pyridine rings is 1. The Hall–Kier alpha value is -2.16. The van der Waals surface area contributed by atoms with Crippen molar-refractivity contribution < 1.29 is 9.84 Å². The van der Waals surface area contributed by atoms with Gasteiger partial charge in [-0.1, -0.05) is 18.2 Å². The van der Waals surface area contributed by atoms with E-state index in [0.717, 1.165) is 16.7 Å². The van der Waals surface area contributed by atoms with E-state index in [0.29, 0.717) is 18.7 Å². The minimum atomic E-state index is -0.208. The third kappa shape index (κ3) is 2.56. The van der Waals surface area contributed by atoms with Gasteiger partial charge in [-0.25, -0.2) is 4.98 Å². The number of aromatic nitrogens is 1. The maximum atomic E-state index is 9.36. The second kappa shape index (κ2) is 5.68. The van der Waals surface area contributed by atoms with Crippen molar-refractivity contribution >= 4 is 16.7 Å². The third-order valence-electron chi connectivity index (χ3n) is 3.83. The van der Waals surface area contributed by atoms with Crippen LogP contribution in [-0.2, 0) is 4.74 Å². The molecule has 0 spiro atoms. The molecule has 2 aromatic rings. The number of hydrogen-bond acceptors (Lipinski definition) is 5. The van der Waals surface area contributed by atoms with E-state index in [4.69, 9.17) is 4.74 Å². The number of para-hydroxylation sites is 1. The Morgan fingerprint density at radius 3 is 3.05 bits per heavy atom. The van der Waals surface area contributed by atoms with Gasteiger partial charge in [0.25, 0.3) is 0 Å². The Kier molecular flexibility index (Phi) is 3.74. The Bertz CT molecular complexity index is 695. The Morgan fingerprint density at radius 1 is 1.48 bits per heavy atom. The van der Waals surface area contributed by atoms with E-state index in [1.165, 1.54) is 0 Å². The number of anilines is 1. The molecule has 0 bridgehead atoms. The zero-order valence-corrected chi connectivity index (χ0v) is 11.9. The van der Waals surface area contributed by atoms with Crippen LogP contribution in [0.15, 0.2) is 30.3 Å². The van der Waals surface area contributed by atoms with Crippen molar-refractivity contribution in [2.24, 2.45) is 0 Å². The molecule has 1 aromatic carbocycles. The minimum Gasteiger partial charge on any atom is -0.394 e. The second-order valence-electron chi connectivity index (χ2n) is 5.30. The van der Waals surface area contributed by atoms with E-state index in [9.17, 15) is 10.4 Å². The van der Waals surface area contributed by atoms with E-state index in [-0.39, 0.29) is 18.8 Å². The molecule has 0 aliphatic carbocycles. The molecule has 1 aliphatic rings. The van der Waals surface area contributed by atoms with Gasteiger partial charge in [-0.2, -0.15) is 5.26 Å². The van der Waals surface area contributed by atoms with Gasteiger partial charge in [0, 0.05) is 11.9 Å². The lowest BCUT2D eigenvalue weighted by atomic mass is 10.1. The fourth-order valence-corrected chi connectivity index (χ4v) is 2.65. The molecule has 0 amide bonds. The molecule has 1 saturated heterocycles. The van der Waals surface area contributed by atoms with Crippen LogP contribution in [0.3, 0.4) is 0 Å². The highest BCUT2D eigenvalue weighted by Crippen LogP contribution is 2.25. The molecule has 21 heavy (non-hydrogen) atoms. The second-order valence-corrected chi connectivity index (χ2v) is 5.30. The molecule has 2 unspecified atom stereocenters. The van der Waals surface area contributed by atoms with Crippen LogP contribution < -0.4 is 4.90 Å². The fraction of sp³-hybridized carbons (Fsp3) is 0.375. The number of nitriles is 1. The number of hydrogen-bond donors (Lipinski definition) is 1. The number of ether oxygens (including phenoxy) is 1. The molecule has 2 heterocycles. The van der Waals surface area contributed by atoms with Crippen LogP contribution in [0.5, 0.6) is 0 Å². The average Bonchev–Trinajstić information content (AvgIpc) is 2.54. The minimum absolute atomic E-state index is 0.0120. The highest BCUT2D eigenvalue weighted by atomic mass is 16.5. The first kappa shape index (κ1) is 13.8. The highest BCUT2D eigenvalue weighted by Gasteiger charge is 2.27. The lowest BCUT2D eigenvalue weighted by Gasteiger charge is -2.38. The molecule has 1 N–H and O–H groups in total. The summed E-state index contributed by atoms with van der Waals surface area (Å²) >= 11 is 0. The summed E-state index contributed by atoms with van der Waals surface area (Å²) in [6.07, 6.45) is -0.208. The summed E-state index contributed by atoms with van der Waals surface area (Å²) in [7, 11) is 0. The summed E-state index contributed by atoms with van der Waals surface area (Å²) in [4.78, 5) is 6.76. The molecular formula is C16H17N3O2. The quantitative estimate of drug-likeness (QED) is 0.908. The molecule has 0 saturated carbocycles. The highest BCUT2D eigenvalue weighted by molar-refractivity contribution is 5.86. The van der Waals surface area contributed by atoms with Gasteiger partial charge in [0.15, 0.2) is 0 Å². The van der Waals surface area contributed by atoms with Gasteiger partial charge < -0.3 is 14.7 Å². The van der Waals surface area contributed by atoms with Gasteiger partial charge in [-0.05, 0) is 19.1 Å². The van der Waals surface area contributed by atoms with Gasteiger partial charge in [0.2, 0.25) is 0 Å². The number of rotatable bonds is 2. The topological polar surface area (TPSA) is 69.4 Å². The summed E-state index contributed by atoms with van der Waals surface area (Å²) in [5, 5.41) is 19.5. The van der Waals surface area contributed by atoms with Gasteiger partial charge in [0.1, 0.15) is 5.82 Å². The first-order valence-corrected chi connectivity index (χ1v) is 7.02. The number of benzene rings is 1. The molecule has 0 radical (unpaired) electrons.